The monoisotopic (exact) mass is 342 g/mol. The maximum Gasteiger partial charge on any atom is 0.213 e. The molecule has 2 N–H and O–H groups in total. The highest BCUT2D eigenvalue weighted by Crippen LogP contribution is 2.30. The van der Waals surface area contributed by atoms with Crippen LogP contribution >= 0.6 is 0 Å². The average molecular weight is 342 g/mol. The fraction of sp³-hybridized carbons (Fsp3) is 0.800. The average Bonchev–Trinajstić information content (AvgIpc) is 3.16. The molecule has 130 valence electrons. The highest BCUT2D eigenvalue weighted by atomic mass is 32.2. The quantitative estimate of drug-likeness (QED) is 0.743. The number of nitrogens with zero attached hydrogens (tertiary/aromatic N) is 3. The molecule has 0 aromatic carbocycles. The van der Waals surface area contributed by atoms with E-state index < -0.39 is 10.0 Å². The zero-order chi connectivity index (χ0) is 16.3. The van der Waals surface area contributed by atoms with E-state index in [-0.39, 0.29) is 18.4 Å². The number of rotatable bonds is 7. The van der Waals surface area contributed by atoms with Gasteiger partial charge >= 0.3 is 0 Å². The second-order valence-corrected chi connectivity index (χ2v) is 8.30. The van der Waals surface area contributed by atoms with E-state index in [0.29, 0.717) is 13.1 Å². The first-order valence-corrected chi connectivity index (χ1v) is 10.1. The number of aliphatic hydroxyl groups is 1. The van der Waals surface area contributed by atoms with Crippen molar-refractivity contribution >= 4 is 10.0 Å². The Labute approximate surface area is 137 Å². The Kier molecular flexibility index (Phi) is 5.35. The predicted octanol–water partition coefficient (Wildman–Crippen LogP) is 0.268. The topological polar surface area (TPSA) is 87.5 Å². The van der Waals surface area contributed by atoms with Crippen LogP contribution in [0, 0.1) is 0 Å². The van der Waals surface area contributed by atoms with Gasteiger partial charge in [-0.25, -0.2) is 13.1 Å². The van der Waals surface area contributed by atoms with Crippen molar-refractivity contribution in [3.05, 3.63) is 17.5 Å². The minimum atomic E-state index is -3.29. The molecule has 0 radical (unpaired) electrons. The van der Waals surface area contributed by atoms with E-state index in [1.807, 2.05) is 0 Å². The Morgan fingerprint density at radius 3 is 2.78 bits per heavy atom. The first-order valence-electron chi connectivity index (χ1n) is 8.47. The fourth-order valence-corrected chi connectivity index (χ4v) is 4.85. The Hall–Kier alpha value is -0.960. The van der Waals surface area contributed by atoms with Gasteiger partial charge in [0.05, 0.1) is 31.1 Å². The molecule has 0 saturated carbocycles. The molecular weight excluding hydrogens is 316 g/mol. The van der Waals surface area contributed by atoms with Gasteiger partial charge in [-0.05, 0) is 45.2 Å². The fourth-order valence-electron chi connectivity index (χ4n) is 3.56. The molecular formula is C15H26N4O3S. The van der Waals surface area contributed by atoms with Gasteiger partial charge in [0.2, 0.25) is 10.0 Å². The van der Waals surface area contributed by atoms with E-state index in [0.717, 1.165) is 43.6 Å². The molecule has 1 atom stereocenters. The van der Waals surface area contributed by atoms with Crippen LogP contribution in [0.1, 0.15) is 43.0 Å². The molecule has 0 amide bonds. The molecule has 1 aromatic rings. The summed E-state index contributed by atoms with van der Waals surface area (Å²) in [7, 11) is -3.29. The molecule has 0 bridgehead atoms. The van der Waals surface area contributed by atoms with Crippen molar-refractivity contribution in [2.75, 3.05) is 32.0 Å². The lowest BCUT2D eigenvalue weighted by atomic mass is 9.94. The minimum absolute atomic E-state index is 0.0420. The Bertz CT molecular complexity index is 623. The second kappa shape index (κ2) is 7.29. The molecule has 3 rings (SSSR count). The third-order valence-electron chi connectivity index (χ3n) is 4.77. The van der Waals surface area contributed by atoms with Crippen LogP contribution in [0.4, 0.5) is 0 Å². The third kappa shape index (κ3) is 4.12. The van der Waals surface area contributed by atoms with E-state index in [1.54, 1.807) is 10.9 Å². The molecule has 7 nitrogen and oxygen atoms in total. The summed E-state index contributed by atoms with van der Waals surface area (Å²) in [6.45, 7) is 3.14. The van der Waals surface area contributed by atoms with Crippen molar-refractivity contribution in [3.63, 3.8) is 0 Å². The summed E-state index contributed by atoms with van der Waals surface area (Å²) in [6.07, 6.45) is 6.72. The van der Waals surface area contributed by atoms with E-state index in [4.69, 9.17) is 5.11 Å². The van der Waals surface area contributed by atoms with Gasteiger partial charge < -0.3 is 10.0 Å². The molecule has 2 aliphatic rings. The second-order valence-electron chi connectivity index (χ2n) is 6.42. The molecule has 1 aliphatic heterocycles. The molecule has 2 heterocycles. The van der Waals surface area contributed by atoms with Gasteiger partial charge in [0, 0.05) is 17.8 Å². The normalized spacial score (nSPS) is 22.4. The number of hydrogen-bond acceptors (Lipinski definition) is 5. The van der Waals surface area contributed by atoms with E-state index in [1.165, 1.54) is 12.8 Å². The first kappa shape index (κ1) is 16.9. The Morgan fingerprint density at radius 1 is 1.26 bits per heavy atom. The first-order chi connectivity index (χ1) is 11.1. The number of hydrogen-bond donors (Lipinski definition) is 2. The predicted molar refractivity (Wildman–Crippen MR) is 87.6 cm³/mol. The van der Waals surface area contributed by atoms with Crippen molar-refractivity contribution in [1.82, 2.24) is 19.4 Å². The zero-order valence-electron chi connectivity index (χ0n) is 13.4. The van der Waals surface area contributed by atoms with E-state index in [9.17, 15) is 8.42 Å². The van der Waals surface area contributed by atoms with Crippen LogP contribution in [0.5, 0.6) is 0 Å². The third-order valence-corrected chi connectivity index (χ3v) is 6.14. The van der Waals surface area contributed by atoms with E-state index >= 15 is 0 Å². The van der Waals surface area contributed by atoms with Gasteiger partial charge in [-0.15, -0.1) is 0 Å². The summed E-state index contributed by atoms with van der Waals surface area (Å²) in [5.41, 5.74) is 2.02. The van der Waals surface area contributed by atoms with Gasteiger partial charge in [0.25, 0.3) is 0 Å². The van der Waals surface area contributed by atoms with Gasteiger partial charge in [-0.3, -0.25) is 4.68 Å². The summed E-state index contributed by atoms with van der Waals surface area (Å²) < 4.78 is 29.4. The smallest absolute Gasteiger partial charge is 0.213 e. The standard InChI is InChI=1S/C15H26N4O3S/c20-10-8-19-15-5-3-4-14(13(15)12-16-19)17-23(21,22)11-9-18-6-1-2-7-18/h12,14,17,20H,1-11H2. The summed E-state index contributed by atoms with van der Waals surface area (Å²) in [6, 6.07) is -0.185. The van der Waals surface area contributed by atoms with Crippen molar-refractivity contribution in [2.24, 2.45) is 0 Å². The number of likely N-dealkylation sites (tertiary alicyclic amines) is 1. The molecule has 1 aromatic heterocycles. The van der Waals surface area contributed by atoms with Crippen molar-refractivity contribution in [3.8, 4) is 0 Å². The van der Waals surface area contributed by atoms with Crippen LogP contribution in [0.3, 0.4) is 0 Å². The minimum Gasteiger partial charge on any atom is -0.394 e. The Balaban J connectivity index is 1.63. The molecule has 8 heteroatoms. The maximum absolute atomic E-state index is 12.4. The molecule has 1 aliphatic carbocycles. The van der Waals surface area contributed by atoms with Crippen LogP contribution in [0.25, 0.3) is 0 Å². The number of sulfonamides is 1. The number of aromatic nitrogens is 2. The summed E-state index contributed by atoms with van der Waals surface area (Å²) in [5, 5.41) is 13.4. The summed E-state index contributed by atoms with van der Waals surface area (Å²) in [4.78, 5) is 2.21. The van der Waals surface area contributed by atoms with Gasteiger partial charge in [-0.1, -0.05) is 0 Å². The highest BCUT2D eigenvalue weighted by Gasteiger charge is 2.28. The lowest BCUT2D eigenvalue weighted by molar-refractivity contribution is 0.266. The van der Waals surface area contributed by atoms with Crippen LogP contribution < -0.4 is 4.72 Å². The summed E-state index contributed by atoms with van der Waals surface area (Å²) >= 11 is 0. The number of nitrogens with one attached hydrogen (secondary N) is 1. The largest absolute Gasteiger partial charge is 0.394 e. The maximum atomic E-state index is 12.4. The lowest BCUT2D eigenvalue weighted by Gasteiger charge is -2.24. The molecule has 1 saturated heterocycles. The van der Waals surface area contributed by atoms with Crippen molar-refractivity contribution in [1.29, 1.82) is 0 Å². The van der Waals surface area contributed by atoms with E-state index in [2.05, 4.69) is 14.7 Å². The van der Waals surface area contributed by atoms with Gasteiger partial charge in [0.15, 0.2) is 0 Å². The molecule has 1 fully saturated rings. The lowest BCUT2D eigenvalue weighted by Crippen LogP contribution is -2.36. The van der Waals surface area contributed by atoms with Gasteiger partial charge in [0.1, 0.15) is 0 Å². The Morgan fingerprint density at radius 2 is 2.04 bits per heavy atom. The van der Waals surface area contributed by atoms with Gasteiger partial charge in [-0.2, -0.15) is 5.10 Å². The van der Waals surface area contributed by atoms with Crippen LogP contribution in [-0.4, -0.2) is 60.2 Å². The number of aliphatic hydroxyl groups excluding tert-OH is 1. The SMILES string of the molecule is O=S(=O)(CCN1CCCC1)NC1CCCc2c1cnn2CCO. The number of fused-ring (bicyclic) bond motifs is 1. The summed E-state index contributed by atoms with van der Waals surface area (Å²) in [5.74, 6) is 0.156. The molecule has 1 unspecified atom stereocenters. The highest BCUT2D eigenvalue weighted by molar-refractivity contribution is 7.89. The van der Waals surface area contributed by atoms with Crippen LogP contribution in [0.2, 0.25) is 0 Å². The van der Waals surface area contributed by atoms with Crippen LogP contribution in [-0.2, 0) is 23.0 Å². The van der Waals surface area contributed by atoms with Crippen LogP contribution in [0.15, 0.2) is 6.20 Å². The zero-order valence-corrected chi connectivity index (χ0v) is 14.3. The molecule has 23 heavy (non-hydrogen) atoms. The molecule has 0 spiro atoms. The van der Waals surface area contributed by atoms with Crippen molar-refractivity contribution < 1.29 is 13.5 Å². The van der Waals surface area contributed by atoms with Crippen molar-refractivity contribution in [2.45, 2.75) is 44.7 Å².